The number of fused-ring (bicyclic) bond motifs is 1. The van der Waals surface area contributed by atoms with E-state index in [-0.39, 0.29) is 13.2 Å². The summed E-state index contributed by atoms with van der Waals surface area (Å²) in [6.45, 7) is 3.59. The Balaban J connectivity index is 1.39. The SMILES string of the molecule is Cc1ccc2c(c1)COP(=O)(OC[C@@H]1C=C[C@H](n3cc(C)c(=O)[nH]c3=O)O1)O2. The van der Waals surface area contributed by atoms with Gasteiger partial charge < -0.3 is 9.26 Å². The predicted octanol–water partition coefficient (Wildman–Crippen LogP) is 2.34. The largest absolute Gasteiger partial charge is 0.530 e. The molecule has 0 spiro atoms. The molecule has 0 saturated heterocycles. The molecule has 0 amide bonds. The molecule has 28 heavy (non-hydrogen) atoms. The first-order valence-electron chi connectivity index (χ1n) is 8.67. The van der Waals surface area contributed by atoms with Crippen LogP contribution in [-0.4, -0.2) is 22.3 Å². The molecule has 0 fully saturated rings. The van der Waals surface area contributed by atoms with Crippen molar-refractivity contribution in [3.8, 4) is 5.75 Å². The maximum atomic E-state index is 12.7. The Labute approximate surface area is 160 Å². The lowest BCUT2D eigenvalue weighted by molar-refractivity contribution is -0.0130. The van der Waals surface area contributed by atoms with Gasteiger partial charge in [-0.1, -0.05) is 23.8 Å². The average Bonchev–Trinajstić information content (AvgIpc) is 3.12. The second-order valence-electron chi connectivity index (χ2n) is 6.65. The summed E-state index contributed by atoms with van der Waals surface area (Å²) in [5.74, 6) is 0.469. The van der Waals surface area contributed by atoms with Crippen molar-refractivity contribution in [1.82, 2.24) is 9.55 Å². The number of aromatic nitrogens is 2. The van der Waals surface area contributed by atoms with Crippen molar-refractivity contribution in [1.29, 1.82) is 0 Å². The highest BCUT2D eigenvalue weighted by Gasteiger charge is 2.35. The van der Waals surface area contributed by atoms with Gasteiger partial charge in [-0.3, -0.25) is 23.4 Å². The zero-order chi connectivity index (χ0) is 19.9. The first-order chi connectivity index (χ1) is 13.3. The number of hydrogen-bond donors (Lipinski definition) is 1. The van der Waals surface area contributed by atoms with Gasteiger partial charge in [0, 0.05) is 17.3 Å². The van der Waals surface area contributed by atoms with Crippen molar-refractivity contribution < 1.29 is 22.9 Å². The van der Waals surface area contributed by atoms with Crippen LogP contribution in [0.1, 0.15) is 22.9 Å². The fourth-order valence-electron chi connectivity index (χ4n) is 2.95. The lowest BCUT2D eigenvalue weighted by Gasteiger charge is -2.26. The Morgan fingerprint density at radius 1 is 1.29 bits per heavy atom. The molecule has 0 aliphatic carbocycles. The Morgan fingerprint density at radius 2 is 2.11 bits per heavy atom. The van der Waals surface area contributed by atoms with Crippen LogP contribution in [0.2, 0.25) is 0 Å². The van der Waals surface area contributed by atoms with Crippen LogP contribution < -0.4 is 15.8 Å². The number of nitrogens with zero attached hydrogens (tertiary/aromatic N) is 1. The summed E-state index contributed by atoms with van der Waals surface area (Å²) in [7, 11) is -3.76. The van der Waals surface area contributed by atoms with Gasteiger partial charge in [-0.05, 0) is 26.0 Å². The van der Waals surface area contributed by atoms with Crippen LogP contribution in [0.15, 0.2) is 46.1 Å². The van der Waals surface area contributed by atoms with Gasteiger partial charge in [0.15, 0.2) is 6.23 Å². The predicted molar refractivity (Wildman–Crippen MR) is 99.3 cm³/mol. The van der Waals surface area contributed by atoms with Gasteiger partial charge in [0.1, 0.15) is 11.9 Å². The molecule has 1 aromatic carbocycles. The summed E-state index contributed by atoms with van der Waals surface area (Å²) in [5, 5.41) is 0. The van der Waals surface area contributed by atoms with Gasteiger partial charge in [0.05, 0.1) is 13.2 Å². The molecule has 1 N–H and O–H groups in total. The Morgan fingerprint density at radius 3 is 2.93 bits per heavy atom. The number of phosphoric acid groups is 1. The highest BCUT2D eigenvalue weighted by molar-refractivity contribution is 7.49. The lowest BCUT2D eigenvalue weighted by atomic mass is 10.1. The molecule has 1 unspecified atom stereocenters. The summed E-state index contributed by atoms with van der Waals surface area (Å²) in [4.78, 5) is 25.7. The number of aromatic amines is 1. The Hall–Kier alpha value is -2.45. The molecule has 0 radical (unpaired) electrons. The number of aryl methyl sites for hydroxylation is 2. The third-order valence-corrected chi connectivity index (χ3v) is 5.76. The van der Waals surface area contributed by atoms with Crippen LogP contribution in [0.5, 0.6) is 5.75 Å². The van der Waals surface area contributed by atoms with Gasteiger partial charge in [-0.15, -0.1) is 0 Å². The molecule has 9 nitrogen and oxygen atoms in total. The van der Waals surface area contributed by atoms with Crippen molar-refractivity contribution >= 4 is 7.82 Å². The molecular weight excluding hydrogens is 387 g/mol. The maximum absolute atomic E-state index is 12.7. The van der Waals surface area contributed by atoms with Gasteiger partial charge in [0.25, 0.3) is 5.56 Å². The van der Waals surface area contributed by atoms with Crippen LogP contribution in [0.4, 0.5) is 0 Å². The molecular formula is C18H19N2O7P. The molecule has 3 atom stereocenters. The zero-order valence-electron chi connectivity index (χ0n) is 15.3. The topological polar surface area (TPSA) is 109 Å². The normalized spacial score (nSPS) is 26.1. The summed E-state index contributed by atoms with van der Waals surface area (Å²) in [6.07, 6.45) is 3.51. The first kappa shape index (κ1) is 18.9. The van der Waals surface area contributed by atoms with Gasteiger partial charge in [-0.2, -0.15) is 0 Å². The van der Waals surface area contributed by atoms with Crippen molar-refractivity contribution in [2.24, 2.45) is 0 Å². The van der Waals surface area contributed by atoms with Crippen LogP contribution >= 0.6 is 7.82 Å². The van der Waals surface area contributed by atoms with Crippen LogP contribution in [-0.2, 0) is 25.0 Å². The first-order valence-corrected chi connectivity index (χ1v) is 10.1. The standard InChI is InChI=1S/C18H19N2O7P/c1-11-3-5-15-13(7-11)9-24-28(23,27-15)25-10-14-4-6-16(26-14)20-8-12(2)17(21)19-18(20)22/h3-8,14,16H,9-10H2,1-2H3,(H,19,21,22)/t14-,16+,28?/m0/s1. The monoisotopic (exact) mass is 406 g/mol. The van der Waals surface area contributed by atoms with Crippen molar-refractivity contribution in [2.45, 2.75) is 32.8 Å². The van der Waals surface area contributed by atoms with E-state index in [1.54, 1.807) is 25.1 Å². The number of ether oxygens (including phenoxy) is 1. The summed E-state index contributed by atoms with van der Waals surface area (Å²) < 4.78 is 35.8. The molecule has 3 heterocycles. The fraction of sp³-hybridized carbons (Fsp3) is 0.333. The van der Waals surface area contributed by atoms with Crippen molar-refractivity contribution in [3.63, 3.8) is 0 Å². The van der Waals surface area contributed by atoms with Crippen LogP contribution in [0.25, 0.3) is 0 Å². The minimum Gasteiger partial charge on any atom is -0.404 e. The number of nitrogens with one attached hydrogen (secondary N) is 1. The van der Waals surface area contributed by atoms with Gasteiger partial charge in [-0.25, -0.2) is 9.36 Å². The average molecular weight is 406 g/mol. The molecule has 4 rings (SSSR count). The minimum absolute atomic E-state index is 0.0808. The van der Waals surface area contributed by atoms with E-state index in [2.05, 4.69) is 4.98 Å². The van der Waals surface area contributed by atoms with Crippen LogP contribution in [0.3, 0.4) is 0 Å². The van der Waals surface area contributed by atoms with Gasteiger partial charge in [0.2, 0.25) is 0 Å². The summed E-state index contributed by atoms with van der Waals surface area (Å²) in [5.41, 5.74) is 1.22. The van der Waals surface area contributed by atoms with Crippen molar-refractivity contribution in [3.05, 3.63) is 74.1 Å². The van der Waals surface area contributed by atoms with E-state index in [4.69, 9.17) is 18.3 Å². The van der Waals surface area contributed by atoms with E-state index in [9.17, 15) is 14.2 Å². The summed E-state index contributed by atoms with van der Waals surface area (Å²) >= 11 is 0. The van der Waals surface area contributed by atoms with Gasteiger partial charge >= 0.3 is 13.5 Å². The number of rotatable bonds is 4. The smallest absolute Gasteiger partial charge is 0.404 e. The lowest BCUT2D eigenvalue weighted by Crippen LogP contribution is -2.33. The Kier molecular flexibility index (Phi) is 4.84. The Bertz CT molecular complexity index is 1100. The highest BCUT2D eigenvalue weighted by Crippen LogP contribution is 2.54. The number of benzene rings is 1. The molecule has 2 aliphatic rings. The second-order valence-corrected chi connectivity index (χ2v) is 8.24. The number of phosphoric ester groups is 1. The number of H-pyrrole nitrogens is 1. The van der Waals surface area contributed by atoms with Crippen molar-refractivity contribution in [2.75, 3.05) is 6.61 Å². The van der Waals surface area contributed by atoms with Crippen LogP contribution in [0, 0.1) is 13.8 Å². The quantitative estimate of drug-likeness (QED) is 0.613. The molecule has 148 valence electrons. The molecule has 2 aromatic rings. The van der Waals surface area contributed by atoms with E-state index in [0.717, 1.165) is 11.1 Å². The minimum atomic E-state index is -3.76. The molecule has 1 aromatic heterocycles. The summed E-state index contributed by atoms with van der Waals surface area (Å²) in [6, 6.07) is 5.48. The second kappa shape index (κ2) is 7.18. The molecule has 0 saturated carbocycles. The van der Waals surface area contributed by atoms with E-state index in [0.29, 0.717) is 11.3 Å². The van der Waals surface area contributed by atoms with E-state index >= 15 is 0 Å². The third kappa shape index (κ3) is 3.74. The van der Waals surface area contributed by atoms with E-state index in [1.165, 1.54) is 10.8 Å². The van der Waals surface area contributed by atoms with E-state index in [1.807, 2.05) is 19.1 Å². The maximum Gasteiger partial charge on any atom is 0.530 e. The molecule has 2 aliphatic heterocycles. The highest BCUT2D eigenvalue weighted by atomic mass is 31.2. The third-order valence-electron chi connectivity index (χ3n) is 4.43. The van der Waals surface area contributed by atoms with E-state index < -0.39 is 31.4 Å². The zero-order valence-corrected chi connectivity index (χ0v) is 16.2. The fourth-order valence-corrected chi connectivity index (χ4v) is 4.18. The molecule has 0 bridgehead atoms. The molecule has 10 heteroatoms. The number of hydrogen-bond acceptors (Lipinski definition) is 7.